The second kappa shape index (κ2) is 5.19. The van der Waals surface area contributed by atoms with Crippen LogP contribution in [0.2, 0.25) is 0 Å². The predicted molar refractivity (Wildman–Crippen MR) is 71.7 cm³/mol. The smallest absolute Gasteiger partial charge is 0.264 e. The molecule has 1 fully saturated rings. The number of amides is 1. The van der Waals surface area contributed by atoms with Gasteiger partial charge in [-0.3, -0.25) is 9.69 Å². The summed E-state index contributed by atoms with van der Waals surface area (Å²) in [5.41, 5.74) is 0. The number of carbonyl (C=O) groups is 1. The van der Waals surface area contributed by atoms with Crippen molar-refractivity contribution in [2.75, 3.05) is 26.2 Å². The Morgan fingerprint density at radius 1 is 1.24 bits per heavy atom. The maximum absolute atomic E-state index is 12.2. The molecule has 0 N–H and O–H groups in total. The van der Waals surface area contributed by atoms with Gasteiger partial charge in [0.1, 0.15) is 0 Å². The van der Waals surface area contributed by atoms with Gasteiger partial charge in [0.15, 0.2) is 0 Å². The van der Waals surface area contributed by atoms with Crippen LogP contribution in [-0.2, 0) is 0 Å². The third-order valence-electron chi connectivity index (χ3n) is 3.28. The van der Waals surface area contributed by atoms with E-state index in [0.717, 1.165) is 31.1 Å². The number of rotatable bonds is 2. The second-order valence-corrected chi connectivity index (χ2v) is 6.12. The molecule has 1 aliphatic rings. The average Bonchev–Trinajstić information content (AvgIpc) is 2.75. The van der Waals surface area contributed by atoms with E-state index in [4.69, 9.17) is 0 Å². The minimum Gasteiger partial charge on any atom is -0.335 e. The third kappa shape index (κ3) is 2.87. The van der Waals surface area contributed by atoms with E-state index in [0.29, 0.717) is 6.04 Å². The lowest BCUT2D eigenvalue weighted by molar-refractivity contribution is 0.0600. The standard InChI is InChI=1S/C13H20N2OS/c1-10(2)14-6-8-15(9-7-14)13(16)12-5-4-11(3)17-12/h4-5,10H,6-9H2,1-3H3. The second-order valence-electron chi connectivity index (χ2n) is 4.83. The first-order valence-corrected chi connectivity index (χ1v) is 6.99. The van der Waals surface area contributed by atoms with Gasteiger partial charge in [0.25, 0.3) is 5.91 Å². The molecular formula is C13H20N2OS. The van der Waals surface area contributed by atoms with Gasteiger partial charge >= 0.3 is 0 Å². The van der Waals surface area contributed by atoms with Crippen LogP contribution in [0.5, 0.6) is 0 Å². The Bertz CT molecular complexity index is 392. The van der Waals surface area contributed by atoms with E-state index in [1.165, 1.54) is 4.88 Å². The Balaban J connectivity index is 1.95. The summed E-state index contributed by atoms with van der Waals surface area (Å²) in [4.78, 5) is 18.7. The summed E-state index contributed by atoms with van der Waals surface area (Å²) in [5, 5.41) is 0. The molecule has 1 aromatic rings. The molecule has 0 saturated carbocycles. The van der Waals surface area contributed by atoms with Crippen molar-refractivity contribution < 1.29 is 4.79 Å². The Morgan fingerprint density at radius 3 is 2.35 bits per heavy atom. The molecule has 2 heterocycles. The van der Waals surface area contributed by atoms with E-state index in [2.05, 4.69) is 18.7 Å². The van der Waals surface area contributed by atoms with E-state index < -0.39 is 0 Å². The van der Waals surface area contributed by atoms with Crippen LogP contribution >= 0.6 is 11.3 Å². The van der Waals surface area contributed by atoms with Crippen molar-refractivity contribution in [1.82, 2.24) is 9.80 Å². The van der Waals surface area contributed by atoms with Crippen LogP contribution in [0, 0.1) is 6.92 Å². The third-order valence-corrected chi connectivity index (χ3v) is 4.27. The normalized spacial score (nSPS) is 17.8. The van der Waals surface area contributed by atoms with Gasteiger partial charge in [-0.25, -0.2) is 0 Å². The Kier molecular flexibility index (Phi) is 3.84. The van der Waals surface area contributed by atoms with Crippen molar-refractivity contribution in [3.05, 3.63) is 21.9 Å². The van der Waals surface area contributed by atoms with Crippen molar-refractivity contribution in [1.29, 1.82) is 0 Å². The van der Waals surface area contributed by atoms with Crippen molar-refractivity contribution in [2.45, 2.75) is 26.8 Å². The quantitative estimate of drug-likeness (QED) is 0.806. The minimum absolute atomic E-state index is 0.200. The topological polar surface area (TPSA) is 23.6 Å². The highest BCUT2D eigenvalue weighted by molar-refractivity contribution is 7.13. The van der Waals surface area contributed by atoms with Crippen LogP contribution in [0.1, 0.15) is 28.4 Å². The minimum atomic E-state index is 0.200. The summed E-state index contributed by atoms with van der Waals surface area (Å²) in [6.07, 6.45) is 0. The number of aryl methyl sites for hydroxylation is 1. The highest BCUT2D eigenvalue weighted by atomic mass is 32.1. The molecule has 4 heteroatoms. The maximum atomic E-state index is 12.2. The van der Waals surface area contributed by atoms with Gasteiger partial charge in [-0.05, 0) is 32.9 Å². The first-order chi connectivity index (χ1) is 8.08. The van der Waals surface area contributed by atoms with Crippen LogP contribution in [0.25, 0.3) is 0 Å². The monoisotopic (exact) mass is 252 g/mol. The molecule has 1 aromatic heterocycles. The summed E-state index contributed by atoms with van der Waals surface area (Å²) in [5.74, 6) is 0.200. The molecule has 0 aliphatic carbocycles. The summed E-state index contributed by atoms with van der Waals surface area (Å²) < 4.78 is 0. The molecule has 0 radical (unpaired) electrons. The zero-order valence-corrected chi connectivity index (χ0v) is 11.6. The highest BCUT2D eigenvalue weighted by Gasteiger charge is 2.23. The first kappa shape index (κ1) is 12.6. The Hall–Kier alpha value is -0.870. The maximum Gasteiger partial charge on any atom is 0.264 e. The molecule has 1 amide bonds. The summed E-state index contributed by atoms with van der Waals surface area (Å²) in [7, 11) is 0. The van der Waals surface area contributed by atoms with Gasteiger partial charge in [0.2, 0.25) is 0 Å². The SMILES string of the molecule is Cc1ccc(C(=O)N2CCN(C(C)C)CC2)s1. The van der Waals surface area contributed by atoms with Crippen molar-refractivity contribution in [3.8, 4) is 0 Å². The van der Waals surface area contributed by atoms with Crippen molar-refractivity contribution in [2.24, 2.45) is 0 Å². The van der Waals surface area contributed by atoms with Gasteiger partial charge in [-0.15, -0.1) is 11.3 Å². The van der Waals surface area contributed by atoms with Crippen LogP contribution in [0.3, 0.4) is 0 Å². The lowest BCUT2D eigenvalue weighted by Gasteiger charge is -2.36. The Morgan fingerprint density at radius 2 is 1.88 bits per heavy atom. The highest BCUT2D eigenvalue weighted by Crippen LogP contribution is 2.18. The van der Waals surface area contributed by atoms with Crippen molar-refractivity contribution >= 4 is 17.2 Å². The molecule has 17 heavy (non-hydrogen) atoms. The molecule has 0 atom stereocenters. The van der Waals surface area contributed by atoms with Crippen molar-refractivity contribution in [3.63, 3.8) is 0 Å². The first-order valence-electron chi connectivity index (χ1n) is 6.17. The molecule has 0 unspecified atom stereocenters. The molecular weight excluding hydrogens is 232 g/mol. The fraction of sp³-hybridized carbons (Fsp3) is 0.615. The lowest BCUT2D eigenvalue weighted by Crippen LogP contribution is -2.50. The zero-order chi connectivity index (χ0) is 12.4. The fourth-order valence-corrected chi connectivity index (χ4v) is 2.98. The van der Waals surface area contributed by atoms with Crippen LogP contribution in [0.15, 0.2) is 12.1 Å². The van der Waals surface area contributed by atoms with Gasteiger partial charge in [0.05, 0.1) is 4.88 Å². The summed E-state index contributed by atoms with van der Waals surface area (Å²) in [6, 6.07) is 4.54. The molecule has 2 rings (SSSR count). The van der Waals surface area contributed by atoms with E-state index >= 15 is 0 Å². The molecule has 94 valence electrons. The Labute approximate surface area is 107 Å². The number of hydrogen-bond donors (Lipinski definition) is 0. The van der Waals surface area contributed by atoms with Crippen LogP contribution in [-0.4, -0.2) is 47.9 Å². The number of nitrogens with zero attached hydrogens (tertiary/aromatic N) is 2. The molecule has 1 aliphatic heterocycles. The summed E-state index contributed by atoms with van der Waals surface area (Å²) >= 11 is 1.59. The van der Waals surface area contributed by atoms with Gasteiger partial charge in [-0.2, -0.15) is 0 Å². The number of carbonyl (C=O) groups excluding carboxylic acids is 1. The molecule has 0 aromatic carbocycles. The number of piperazine rings is 1. The molecule has 0 spiro atoms. The van der Waals surface area contributed by atoms with Crippen LogP contribution < -0.4 is 0 Å². The predicted octanol–water partition coefficient (Wildman–Crippen LogP) is 2.22. The van der Waals surface area contributed by atoms with Crippen LogP contribution in [0.4, 0.5) is 0 Å². The number of hydrogen-bond acceptors (Lipinski definition) is 3. The molecule has 1 saturated heterocycles. The molecule has 3 nitrogen and oxygen atoms in total. The molecule has 0 bridgehead atoms. The van der Waals surface area contributed by atoms with Gasteiger partial charge in [0, 0.05) is 37.1 Å². The van der Waals surface area contributed by atoms with E-state index in [1.54, 1.807) is 11.3 Å². The van der Waals surface area contributed by atoms with Gasteiger partial charge in [-0.1, -0.05) is 0 Å². The zero-order valence-electron chi connectivity index (χ0n) is 10.8. The largest absolute Gasteiger partial charge is 0.335 e. The van der Waals surface area contributed by atoms with Gasteiger partial charge < -0.3 is 4.90 Å². The van der Waals surface area contributed by atoms with E-state index in [9.17, 15) is 4.79 Å². The lowest BCUT2D eigenvalue weighted by atomic mass is 10.2. The average molecular weight is 252 g/mol. The summed E-state index contributed by atoms with van der Waals surface area (Å²) in [6.45, 7) is 10.2. The van der Waals surface area contributed by atoms with E-state index in [1.807, 2.05) is 24.0 Å². The fourth-order valence-electron chi connectivity index (χ4n) is 2.15. The number of thiophene rings is 1. The van der Waals surface area contributed by atoms with E-state index in [-0.39, 0.29) is 5.91 Å².